The normalized spacial score (nSPS) is 47.9. The van der Waals surface area contributed by atoms with Crippen LogP contribution in [0.5, 0.6) is 0 Å². The first-order valence-electron chi connectivity index (χ1n) is 3.70. The van der Waals surface area contributed by atoms with Crippen LogP contribution in [0.2, 0.25) is 0 Å². The van der Waals surface area contributed by atoms with Gasteiger partial charge in [-0.2, -0.15) is 12.6 Å². The van der Waals surface area contributed by atoms with Crippen molar-refractivity contribution in [2.45, 2.75) is 30.4 Å². The lowest BCUT2D eigenvalue weighted by Crippen LogP contribution is -2.30. The first-order valence-corrected chi connectivity index (χ1v) is 4.15. The van der Waals surface area contributed by atoms with Crippen molar-refractivity contribution in [1.82, 2.24) is 0 Å². The van der Waals surface area contributed by atoms with Crippen LogP contribution in [0.25, 0.3) is 0 Å². The van der Waals surface area contributed by atoms with Crippen molar-refractivity contribution >= 4 is 12.6 Å². The lowest BCUT2D eigenvalue weighted by atomic mass is 9.75. The smallest absolute Gasteiger partial charge is 0.0309 e. The Balaban J connectivity index is 2.28. The Morgan fingerprint density at radius 1 is 1.33 bits per heavy atom. The van der Waals surface area contributed by atoms with Gasteiger partial charge in [-0.25, -0.2) is 0 Å². The molecular weight excluding hydrogens is 128 g/mol. The Morgan fingerprint density at radius 2 is 2.00 bits per heavy atom. The van der Waals surface area contributed by atoms with Crippen molar-refractivity contribution in [3.63, 3.8) is 0 Å². The predicted molar refractivity (Wildman–Crippen MR) is 42.8 cm³/mol. The van der Waals surface area contributed by atoms with E-state index in [-0.39, 0.29) is 0 Å². The van der Waals surface area contributed by atoms with Crippen molar-refractivity contribution in [2.75, 3.05) is 0 Å². The molecule has 0 atom stereocenters. The maximum Gasteiger partial charge on any atom is 0.0309 e. The van der Waals surface area contributed by atoms with Crippen LogP contribution in [0.15, 0.2) is 12.2 Å². The van der Waals surface area contributed by atoms with Gasteiger partial charge in [-0.05, 0) is 31.6 Å². The summed E-state index contributed by atoms with van der Waals surface area (Å²) in [4.78, 5) is 0. The van der Waals surface area contributed by atoms with Crippen LogP contribution in [0, 0.1) is 5.92 Å². The standard InChI is InChI=1S/C8H12S/c9-8-4-1-7(2-5-8)3-6-8/h1,4,7,9H,2-3,5-6H2. The monoisotopic (exact) mass is 140 g/mol. The fourth-order valence-corrected chi connectivity index (χ4v) is 2.16. The summed E-state index contributed by atoms with van der Waals surface area (Å²) in [5.41, 5.74) is 0. The zero-order chi connectivity index (χ0) is 6.32. The average Bonchev–Trinajstić information content (AvgIpc) is 1.90. The quantitative estimate of drug-likeness (QED) is 0.388. The van der Waals surface area contributed by atoms with Crippen molar-refractivity contribution in [3.8, 4) is 0 Å². The molecule has 1 heteroatoms. The van der Waals surface area contributed by atoms with Gasteiger partial charge in [0.25, 0.3) is 0 Å². The molecule has 0 N–H and O–H groups in total. The minimum Gasteiger partial charge on any atom is -0.168 e. The average molecular weight is 140 g/mol. The molecule has 0 unspecified atom stereocenters. The van der Waals surface area contributed by atoms with Gasteiger partial charge in [-0.1, -0.05) is 12.2 Å². The summed E-state index contributed by atoms with van der Waals surface area (Å²) in [6.45, 7) is 0. The van der Waals surface area contributed by atoms with Gasteiger partial charge in [0.2, 0.25) is 0 Å². The SMILES string of the molecule is SC12C=CC(CC1)CC2. The van der Waals surface area contributed by atoms with Crippen molar-refractivity contribution in [2.24, 2.45) is 5.92 Å². The highest BCUT2D eigenvalue weighted by Crippen LogP contribution is 2.42. The third-order valence-electron chi connectivity index (χ3n) is 2.57. The van der Waals surface area contributed by atoms with E-state index >= 15 is 0 Å². The summed E-state index contributed by atoms with van der Waals surface area (Å²) < 4.78 is 0.300. The lowest BCUT2D eigenvalue weighted by molar-refractivity contribution is 0.357. The number of thiol groups is 1. The fourth-order valence-electron chi connectivity index (χ4n) is 1.81. The predicted octanol–water partition coefficient (Wildman–Crippen LogP) is 2.42. The molecule has 0 radical (unpaired) electrons. The van der Waals surface area contributed by atoms with Crippen LogP contribution in [0.1, 0.15) is 25.7 Å². The second kappa shape index (κ2) is 1.79. The molecule has 9 heavy (non-hydrogen) atoms. The van der Waals surface area contributed by atoms with Crippen molar-refractivity contribution in [1.29, 1.82) is 0 Å². The molecule has 0 spiro atoms. The number of allylic oxidation sites excluding steroid dienone is 1. The molecule has 0 nitrogen and oxygen atoms in total. The molecule has 0 amide bonds. The fraction of sp³-hybridized carbons (Fsp3) is 0.750. The highest BCUT2D eigenvalue weighted by atomic mass is 32.1. The number of hydrogen-bond acceptors (Lipinski definition) is 1. The van der Waals surface area contributed by atoms with Gasteiger partial charge in [0.05, 0.1) is 0 Å². The second-order valence-corrected chi connectivity index (χ2v) is 4.19. The van der Waals surface area contributed by atoms with Crippen molar-refractivity contribution < 1.29 is 0 Å². The molecule has 0 aromatic heterocycles. The van der Waals surface area contributed by atoms with Crippen LogP contribution >= 0.6 is 12.6 Å². The van der Waals surface area contributed by atoms with E-state index in [2.05, 4.69) is 24.8 Å². The number of fused-ring (bicyclic) bond motifs is 2. The molecule has 2 bridgehead atoms. The molecule has 0 aromatic rings. The van der Waals surface area contributed by atoms with Gasteiger partial charge >= 0.3 is 0 Å². The van der Waals surface area contributed by atoms with Crippen LogP contribution in [0.4, 0.5) is 0 Å². The zero-order valence-electron chi connectivity index (χ0n) is 5.51. The summed E-state index contributed by atoms with van der Waals surface area (Å²) >= 11 is 4.60. The van der Waals surface area contributed by atoms with Gasteiger partial charge in [-0.15, -0.1) is 0 Å². The Morgan fingerprint density at radius 3 is 2.22 bits per heavy atom. The lowest BCUT2D eigenvalue weighted by Gasteiger charge is -2.38. The van der Waals surface area contributed by atoms with Gasteiger partial charge in [-0.3, -0.25) is 0 Å². The van der Waals surface area contributed by atoms with Gasteiger partial charge in [0.1, 0.15) is 0 Å². The minimum absolute atomic E-state index is 0.300. The van der Waals surface area contributed by atoms with Crippen LogP contribution < -0.4 is 0 Å². The van der Waals surface area contributed by atoms with E-state index in [1.807, 2.05) is 0 Å². The molecule has 3 rings (SSSR count). The molecule has 0 heterocycles. The maximum absolute atomic E-state index is 4.60. The summed E-state index contributed by atoms with van der Waals surface area (Å²) in [7, 11) is 0. The minimum atomic E-state index is 0.300. The van der Waals surface area contributed by atoms with E-state index in [1.165, 1.54) is 25.7 Å². The largest absolute Gasteiger partial charge is 0.168 e. The molecule has 50 valence electrons. The summed E-state index contributed by atoms with van der Waals surface area (Å²) in [6, 6.07) is 0. The number of rotatable bonds is 0. The van der Waals surface area contributed by atoms with Crippen LogP contribution in [-0.4, -0.2) is 4.75 Å². The zero-order valence-corrected chi connectivity index (χ0v) is 6.40. The van der Waals surface area contributed by atoms with E-state index in [9.17, 15) is 0 Å². The summed E-state index contributed by atoms with van der Waals surface area (Å²) in [6.07, 6.45) is 10.0. The molecule has 3 aliphatic carbocycles. The van der Waals surface area contributed by atoms with Gasteiger partial charge < -0.3 is 0 Å². The van der Waals surface area contributed by atoms with E-state index in [4.69, 9.17) is 0 Å². The van der Waals surface area contributed by atoms with E-state index in [0.29, 0.717) is 4.75 Å². The third kappa shape index (κ3) is 0.917. The molecular formula is C8H12S. The molecule has 1 fully saturated rings. The highest BCUT2D eigenvalue weighted by molar-refractivity contribution is 7.82. The first kappa shape index (κ1) is 5.84. The second-order valence-electron chi connectivity index (χ2n) is 3.30. The maximum atomic E-state index is 4.60. The summed E-state index contributed by atoms with van der Waals surface area (Å²) in [5, 5.41) is 0. The Labute approximate surface area is 61.7 Å². The Hall–Kier alpha value is 0.0900. The van der Waals surface area contributed by atoms with Gasteiger partial charge in [0, 0.05) is 4.75 Å². The highest BCUT2D eigenvalue weighted by Gasteiger charge is 2.32. The van der Waals surface area contributed by atoms with Crippen LogP contribution in [-0.2, 0) is 0 Å². The van der Waals surface area contributed by atoms with E-state index < -0.39 is 0 Å². The Bertz CT molecular complexity index is 141. The molecule has 1 saturated carbocycles. The molecule has 3 aliphatic rings. The first-order chi connectivity index (χ1) is 4.29. The van der Waals surface area contributed by atoms with Crippen LogP contribution in [0.3, 0.4) is 0 Å². The summed E-state index contributed by atoms with van der Waals surface area (Å²) in [5.74, 6) is 0.902. The Kier molecular flexibility index (Phi) is 1.16. The molecule has 0 aromatic carbocycles. The van der Waals surface area contributed by atoms with E-state index in [1.54, 1.807) is 0 Å². The topological polar surface area (TPSA) is 0 Å². The van der Waals surface area contributed by atoms with E-state index in [0.717, 1.165) is 5.92 Å². The van der Waals surface area contributed by atoms with Crippen molar-refractivity contribution in [3.05, 3.63) is 12.2 Å². The molecule has 0 saturated heterocycles. The third-order valence-corrected chi connectivity index (χ3v) is 3.17. The molecule has 0 aliphatic heterocycles. The van der Waals surface area contributed by atoms with Gasteiger partial charge in [0.15, 0.2) is 0 Å². The number of hydrogen-bond donors (Lipinski definition) is 1.